The number of ether oxygens (including phenoxy) is 1. The Kier molecular flexibility index (Phi) is 10.5. The lowest BCUT2D eigenvalue weighted by Gasteiger charge is -2.32. The van der Waals surface area contributed by atoms with E-state index in [4.69, 9.17) is 4.74 Å². The molecule has 0 saturated heterocycles. The van der Waals surface area contributed by atoms with Crippen LogP contribution in [0.5, 0.6) is 5.75 Å². The fraction of sp³-hybridized carbons (Fsp3) is 0.375. The summed E-state index contributed by atoms with van der Waals surface area (Å²) in [6, 6.07) is 22.7. The molecule has 202 valence electrons. The maximum Gasteiger partial charge on any atom is 0.261 e. The molecule has 1 atom stereocenters. The molecule has 0 heterocycles. The van der Waals surface area contributed by atoms with Crippen LogP contribution in [0.4, 0.5) is 4.39 Å². The van der Waals surface area contributed by atoms with Gasteiger partial charge in [-0.05, 0) is 35.1 Å². The number of unbranched alkanes of at least 4 members (excludes halogenated alkanes) is 1. The van der Waals surface area contributed by atoms with Crippen molar-refractivity contribution in [2.75, 3.05) is 13.2 Å². The molecule has 0 aliphatic heterocycles. The first-order valence-electron chi connectivity index (χ1n) is 13.3. The molecule has 5 nitrogen and oxygen atoms in total. The average molecular weight is 519 g/mol. The molecule has 0 bridgehead atoms. The number of halogens is 1. The van der Waals surface area contributed by atoms with Crippen LogP contribution in [0, 0.1) is 5.82 Å². The maximum atomic E-state index is 14.7. The summed E-state index contributed by atoms with van der Waals surface area (Å²) in [5.74, 6) is -0.453. The zero-order valence-electron chi connectivity index (χ0n) is 22.9. The van der Waals surface area contributed by atoms with Crippen molar-refractivity contribution in [3.63, 3.8) is 0 Å². The fourth-order valence-electron chi connectivity index (χ4n) is 4.30. The maximum absolute atomic E-state index is 14.7. The number of hydrogen-bond donors (Lipinski definition) is 1. The van der Waals surface area contributed by atoms with Gasteiger partial charge in [-0.3, -0.25) is 9.59 Å². The van der Waals surface area contributed by atoms with Crippen LogP contribution >= 0.6 is 0 Å². The van der Waals surface area contributed by atoms with Crippen LogP contribution in [0.2, 0.25) is 0 Å². The molecule has 0 saturated carbocycles. The topological polar surface area (TPSA) is 58.6 Å². The van der Waals surface area contributed by atoms with Gasteiger partial charge in [0.1, 0.15) is 17.6 Å². The molecule has 3 aromatic rings. The highest BCUT2D eigenvalue weighted by Crippen LogP contribution is 2.31. The van der Waals surface area contributed by atoms with Crippen LogP contribution in [0.25, 0.3) is 0 Å². The van der Waals surface area contributed by atoms with Gasteiger partial charge in [-0.15, -0.1) is 0 Å². The van der Waals surface area contributed by atoms with E-state index in [2.05, 4.69) is 26.1 Å². The normalized spacial score (nSPS) is 12.0. The molecule has 1 N–H and O–H groups in total. The summed E-state index contributed by atoms with van der Waals surface area (Å²) in [6.45, 7) is 8.49. The summed E-state index contributed by atoms with van der Waals surface area (Å²) >= 11 is 0. The Labute approximate surface area is 226 Å². The molecule has 6 heteroatoms. The number of carbonyl (C=O) groups is 2. The Morgan fingerprint density at radius 2 is 1.61 bits per heavy atom. The predicted molar refractivity (Wildman–Crippen MR) is 149 cm³/mol. The van der Waals surface area contributed by atoms with Gasteiger partial charge in [0.05, 0.1) is 0 Å². The van der Waals surface area contributed by atoms with Crippen LogP contribution in [0.15, 0.2) is 78.9 Å². The standard InChI is InChI=1S/C32H39FN2O3/c1-5-6-20-34-31(37)28(21-24-14-8-7-9-15-24)35(22-25-16-10-12-18-27(25)33)30(36)23-38-29-19-13-11-17-26(29)32(2,3)4/h7-19,28H,5-6,20-23H2,1-4H3,(H,34,37). The number of nitrogens with one attached hydrogen (secondary N) is 1. The molecule has 0 spiro atoms. The third-order valence-electron chi connectivity index (χ3n) is 6.45. The molecule has 0 aliphatic carbocycles. The van der Waals surface area contributed by atoms with Crippen molar-refractivity contribution in [3.8, 4) is 5.75 Å². The molecular weight excluding hydrogens is 479 g/mol. The zero-order chi connectivity index (χ0) is 27.5. The lowest BCUT2D eigenvalue weighted by molar-refractivity contribution is -0.142. The van der Waals surface area contributed by atoms with Crippen molar-refractivity contribution in [1.29, 1.82) is 0 Å². The van der Waals surface area contributed by atoms with Crippen LogP contribution in [-0.2, 0) is 28.0 Å². The Morgan fingerprint density at radius 1 is 0.947 bits per heavy atom. The smallest absolute Gasteiger partial charge is 0.261 e. The van der Waals surface area contributed by atoms with Crippen LogP contribution in [0.3, 0.4) is 0 Å². The Balaban J connectivity index is 1.93. The van der Waals surface area contributed by atoms with E-state index >= 15 is 0 Å². The van der Waals surface area contributed by atoms with Gasteiger partial charge in [0.25, 0.3) is 5.91 Å². The number of rotatable bonds is 12. The Bertz CT molecular complexity index is 1190. The van der Waals surface area contributed by atoms with Gasteiger partial charge < -0.3 is 15.0 Å². The number of benzene rings is 3. The molecule has 0 aromatic heterocycles. The highest BCUT2D eigenvalue weighted by atomic mass is 19.1. The summed E-state index contributed by atoms with van der Waals surface area (Å²) in [5.41, 5.74) is 2.05. The van der Waals surface area contributed by atoms with E-state index < -0.39 is 11.9 Å². The Morgan fingerprint density at radius 3 is 2.29 bits per heavy atom. The number of amides is 2. The number of carbonyl (C=O) groups excluding carboxylic acids is 2. The van der Waals surface area contributed by atoms with Crippen molar-refractivity contribution in [1.82, 2.24) is 10.2 Å². The fourth-order valence-corrected chi connectivity index (χ4v) is 4.30. The van der Waals surface area contributed by atoms with E-state index in [1.54, 1.807) is 18.2 Å². The van der Waals surface area contributed by atoms with E-state index in [-0.39, 0.29) is 30.4 Å². The molecule has 0 aliphatic rings. The first-order valence-corrected chi connectivity index (χ1v) is 13.3. The highest BCUT2D eigenvalue weighted by molar-refractivity contribution is 5.88. The predicted octanol–water partition coefficient (Wildman–Crippen LogP) is 6.06. The third-order valence-corrected chi connectivity index (χ3v) is 6.45. The summed E-state index contributed by atoms with van der Waals surface area (Å²) in [4.78, 5) is 28.7. The van der Waals surface area contributed by atoms with Crippen molar-refractivity contribution >= 4 is 11.8 Å². The molecular formula is C32H39FN2O3. The highest BCUT2D eigenvalue weighted by Gasteiger charge is 2.31. The lowest BCUT2D eigenvalue weighted by atomic mass is 9.86. The van der Waals surface area contributed by atoms with Crippen molar-refractivity contribution in [2.45, 2.75) is 65.0 Å². The summed E-state index contributed by atoms with van der Waals surface area (Å²) in [7, 11) is 0. The van der Waals surface area contributed by atoms with Crippen molar-refractivity contribution in [3.05, 3.63) is 101 Å². The first kappa shape index (κ1) is 28.9. The summed E-state index contributed by atoms with van der Waals surface area (Å²) in [5, 5.41) is 2.98. The molecule has 3 aromatic carbocycles. The van der Waals surface area contributed by atoms with Gasteiger partial charge in [0, 0.05) is 25.1 Å². The van der Waals surface area contributed by atoms with E-state index in [0.717, 1.165) is 24.0 Å². The van der Waals surface area contributed by atoms with Gasteiger partial charge in [-0.2, -0.15) is 0 Å². The van der Waals surface area contributed by atoms with Crippen LogP contribution < -0.4 is 10.1 Å². The zero-order valence-corrected chi connectivity index (χ0v) is 22.9. The van der Waals surface area contributed by atoms with Gasteiger partial charge >= 0.3 is 0 Å². The molecule has 1 unspecified atom stereocenters. The lowest BCUT2D eigenvalue weighted by Crippen LogP contribution is -2.52. The summed E-state index contributed by atoms with van der Waals surface area (Å²) in [6.07, 6.45) is 2.07. The SMILES string of the molecule is CCCCNC(=O)C(Cc1ccccc1)N(Cc1ccccc1F)C(=O)COc1ccccc1C(C)(C)C. The molecule has 0 radical (unpaired) electrons. The van der Waals surface area contributed by atoms with E-state index in [1.807, 2.05) is 61.5 Å². The number of hydrogen-bond acceptors (Lipinski definition) is 3. The van der Waals surface area contributed by atoms with Crippen LogP contribution in [0.1, 0.15) is 57.2 Å². The van der Waals surface area contributed by atoms with Crippen molar-refractivity contribution in [2.24, 2.45) is 0 Å². The van der Waals surface area contributed by atoms with Gasteiger partial charge in [0.15, 0.2) is 6.61 Å². The van der Waals surface area contributed by atoms with Crippen molar-refractivity contribution < 1.29 is 18.7 Å². The molecule has 0 fully saturated rings. The minimum Gasteiger partial charge on any atom is -0.483 e. The molecule has 38 heavy (non-hydrogen) atoms. The van der Waals surface area contributed by atoms with Crippen LogP contribution in [-0.4, -0.2) is 35.9 Å². The minimum atomic E-state index is -0.831. The quantitative estimate of drug-likeness (QED) is 0.297. The van der Waals surface area contributed by atoms with E-state index in [0.29, 0.717) is 24.3 Å². The Hall–Kier alpha value is -3.67. The summed E-state index contributed by atoms with van der Waals surface area (Å²) < 4.78 is 20.8. The largest absolute Gasteiger partial charge is 0.483 e. The second-order valence-corrected chi connectivity index (χ2v) is 10.5. The second-order valence-electron chi connectivity index (χ2n) is 10.5. The average Bonchev–Trinajstić information content (AvgIpc) is 2.90. The van der Waals surface area contributed by atoms with Gasteiger partial charge in [-0.1, -0.05) is 101 Å². The second kappa shape index (κ2) is 13.8. The molecule has 2 amide bonds. The monoisotopic (exact) mass is 518 g/mol. The third kappa shape index (κ3) is 8.17. The number of nitrogens with zero attached hydrogens (tertiary/aromatic N) is 1. The van der Waals surface area contributed by atoms with E-state index in [9.17, 15) is 14.0 Å². The van der Waals surface area contributed by atoms with Gasteiger partial charge in [-0.25, -0.2) is 4.39 Å². The number of para-hydroxylation sites is 1. The minimum absolute atomic E-state index is 0.0471. The van der Waals surface area contributed by atoms with Gasteiger partial charge in [0.2, 0.25) is 5.91 Å². The van der Waals surface area contributed by atoms with E-state index in [1.165, 1.54) is 11.0 Å². The molecule has 3 rings (SSSR count). The first-order chi connectivity index (χ1) is 18.2.